The lowest BCUT2D eigenvalue weighted by Gasteiger charge is -2.35. The SMILES string of the molecule is CCOC(=O)C1CCCCN1C(=O)CN(Cc1ccco1)Cc1ccco1. The number of piperidine rings is 1. The van der Waals surface area contributed by atoms with E-state index < -0.39 is 6.04 Å². The summed E-state index contributed by atoms with van der Waals surface area (Å²) in [4.78, 5) is 28.9. The van der Waals surface area contributed by atoms with E-state index >= 15 is 0 Å². The molecule has 1 aliphatic heterocycles. The van der Waals surface area contributed by atoms with Crippen molar-refractivity contribution in [2.45, 2.75) is 45.3 Å². The largest absolute Gasteiger partial charge is 0.468 e. The van der Waals surface area contributed by atoms with Crippen molar-refractivity contribution in [2.75, 3.05) is 19.7 Å². The fourth-order valence-electron chi connectivity index (χ4n) is 3.41. The van der Waals surface area contributed by atoms with Crippen molar-refractivity contribution in [2.24, 2.45) is 0 Å². The topological polar surface area (TPSA) is 76.1 Å². The number of amides is 1. The average molecular weight is 374 g/mol. The lowest BCUT2D eigenvalue weighted by atomic mass is 10.0. The fourth-order valence-corrected chi connectivity index (χ4v) is 3.41. The number of nitrogens with zero attached hydrogens (tertiary/aromatic N) is 2. The maximum Gasteiger partial charge on any atom is 0.328 e. The first-order chi connectivity index (χ1) is 13.2. The molecule has 2 aromatic heterocycles. The summed E-state index contributed by atoms with van der Waals surface area (Å²) < 4.78 is 16.0. The van der Waals surface area contributed by atoms with Crippen LogP contribution >= 0.6 is 0 Å². The van der Waals surface area contributed by atoms with Gasteiger partial charge in [-0.1, -0.05) is 0 Å². The quantitative estimate of drug-likeness (QED) is 0.662. The van der Waals surface area contributed by atoms with Gasteiger partial charge in [0.25, 0.3) is 0 Å². The first-order valence-electron chi connectivity index (χ1n) is 9.40. The second kappa shape index (κ2) is 9.41. The van der Waals surface area contributed by atoms with Gasteiger partial charge in [-0.05, 0) is 50.5 Å². The van der Waals surface area contributed by atoms with E-state index in [0.717, 1.165) is 24.4 Å². The van der Waals surface area contributed by atoms with Crippen LogP contribution in [0.5, 0.6) is 0 Å². The predicted molar refractivity (Wildman–Crippen MR) is 97.5 cm³/mol. The molecular formula is C20H26N2O5. The van der Waals surface area contributed by atoms with Crippen molar-refractivity contribution >= 4 is 11.9 Å². The van der Waals surface area contributed by atoms with Crippen LogP contribution in [0.25, 0.3) is 0 Å². The normalized spacial score (nSPS) is 17.3. The second-order valence-corrected chi connectivity index (χ2v) is 6.65. The fraction of sp³-hybridized carbons (Fsp3) is 0.500. The second-order valence-electron chi connectivity index (χ2n) is 6.65. The van der Waals surface area contributed by atoms with Crippen molar-refractivity contribution in [3.8, 4) is 0 Å². The highest BCUT2D eigenvalue weighted by atomic mass is 16.5. The van der Waals surface area contributed by atoms with Gasteiger partial charge in [-0.15, -0.1) is 0 Å². The molecule has 146 valence electrons. The summed E-state index contributed by atoms with van der Waals surface area (Å²) in [5, 5.41) is 0. The summed E-state index contributed by atoms with van der Waals surface area (Å²) in [6.07, 6.45) is 5.71. The molecule has 1 unspecified atom stereocenters. The summed E-state index contributed by atoms with van der Waals surface area (Å²) in [6, 6.07) is 6.91. The number of hydrogen-bond acceptors (Lipinski definition) is 6. The summed E-state index contributed by atoms with van der Waals surface area (Å²) in [5.41, 5.74) is 0. The first-order valence-corrected chi connectivity index (χ1v) is 9.40. The Morgan fingerprint density at radius 1 is 1.15 bits per heavy atom. The third kappa shape index (κ3) is 5.23. The highest BCUT2D eigenvalue weighted by Gasteiger charge is 2.33. The van der Waals surface area contributed by atoms with Crippen molar-refractivity contribution in [1.82, 2.24) is 9.80 Å². The minimum atomic E-state index is -0.486. The Morgan fingerprint density at radius 3 is 2.37 bits per heavy atom. The molecule has 3 heterocycles. The van der Waals surface area contributed by atoms with Gasteiger partial charge >= 0.3 is 5.97 Å². The van der Waals surface area contributed by atoms with Gasteiger partial charge in [0, 0.05) is 6.54 Å². The van der Waals surface area contributed by atoms with Crippen LogP contribution in [0.15, 0.2) is 45.6 Å². The van der Waals surface area contributed by atoms with Gasteiger partial charge in [0.2, 0.25) is 5.91 Å². The average Bonchev–Trinajstić information content (AvgIpc) is 3.36. The van der Waals surface area contributed by atoms with Crippen LogP contribution < -0.4 is 0 Å². The molecule has 1 atom stereocenters. The Hall–Kier alpha value is -2.54. The first kappa shape index (κ1) is 19.2. The molecule has 1 saturated heterocycles. The minimum absolute atomic E-state index is 0.0779. The molecular weight excluding hydrogens is 348 g/mol. The minimum Gasteiger partial charge on any atom is -0.468 e. The molecule has 0 spiro atoms. The molecule has 7 nitrogen and oxygen atoms in total. The molecule has 1 fully saturated rings. The van der Waals surface area contributed by atoms with Crippen molar-refractivity contribution in [3.63, 3.8) is 0 Å². The predicted octanol–water partition coefficient (Wildman–Crippen LogP) is 2.82. The number of hydrogen-bond donors (Lipinski definition) is 0. The molecule has 0 aliphatic carbocycles. The number of likely N-dealkylation sites (tertiary alicyclic amines) is 1. The van der Waals surface area contributed by atoms with E-state index in [1.54, 1.807) is 24.3 Å². The maximum atomic E-state index is 13.0. The molecule has 1 amide bonds. The summed E-state index contributed by atoms with van der Waals surface area (Å²) in [6.45, 7) is 3.82. The van der Waals surface area contributed by atoms with E-state index in [4.69, 9.17) is 13.6 Å². The van der Waals surface area contributed by atoms with Gasteiger partial charge in [-0.2, -0.15) is 0 Å². The van der Waals surface area contributed by atoms with E-state index in [1.165, 1.54) is 0 Å². The van der Waals surface area contributed by atoms with Crippen LogP contribution in [0.3, 0.4) is 0 Å². The van der Waals surface area contributed by atoms with Crippen LogP contribution in [0.4, 0.5) is 0 Å². The third-order valence-corrected chi connectivity index (χ3v) is 4.66. The molecule has 7 heteroatoms. The smallest absolute Gasteiger partial charge is 0.328 e. The zero-order valence-corrected chi connectivity index (χ0v) is 15.6. The highest BCUT2D eigenvalue weighted by Crippen LogP contribution is 2.20. The van der Waals surface area contributed by atoms with Crippen molar-refractivity contribution in [1.29, 1.82) is 0 Å². The van der Waals surface area contributed by atoms with Crippen LogP contribution in [0.2, 0.25) is 0 Å². The Labute approximate surface area is 158 Å². The molecule has 0 bridgehead atoms. The molecule has 0 N–H and O–H groups in total. The monoisotopic (exact) mass is 374 g/mol. The van der Waals surface area contributed by atoms with Crippen LogP contribution in [-0.2, 0) is 27.4 Å². The Balaban J connectivity index is 1.68. The molecule has 3 rings (SSSR count). The summed E-state index contributed by atoms with van der Waals surface area (Å²) in [5.74, 6) is 1.16. The van der Waals surface area contributed by atoms with Crippen LogP contribution in [0.1, 0.15) is 37.7 Å². The van der Waals surface area contributed by atoms with E-state index in [2.05, 4.69) is 0 Å². The third-order valence-electron chi connectivity index (χ3n) is 4.66. The maximum absolute atomic E-state index is 13.0. The number of rotatable bonds is 8. The number of carbonyl (C=O) groups is 2. The molecule has 0 aromatic carbocycles. The van der Waals surface area contributed by atoms with Crippen molar-refractivity contribution < 1.29 is 23.2 Å². The van der Waals surface area contributed by atoms with Gasteiger partial charge in [-0.25, -0.2) is 4.79 Å². The van der Waals surface area contributed by atoms with Gasteiger partial charge in [0.05, 0.1) is 38.8 Å². The molecule has 2 aromatic rings. The molecule has 0 saturated carbocycles. The van der Waals surface area contributed by atoms with Gasteiger partial charge in [-0.3, -0.25) is 9.69 Å². The van der Waals surface area contributed by atoms with Crippen LogP contribution in [-0.4, -0.2) is 47.4 Å². The van der Waals surface area contributed by atoms with Crippen LogP contribution in [0, 0.1) is 0 Å². The van der Waals surface area contributed by atoms with E-state index in [9.17, 15) is 9.59 Å². The number of furan rings is 2. The van der Waals surface area contributed by atoms with Gasteiger partial charge < -0.3 is 18.5 Å². The van der Waals surface area contributed by atoms with E-state index in [1.807, 2.05) is 29.2 Å². The Kier molecular flexibility index (Phi) is 6.70. The number of carbonyl (C=O) groups excluding carboxylic acids is 2. The number of ether oxygens (including phenoxy) is 1. The summed E-state index contributed by atoms with van der Waals surface area (Å²) >= 11 is 0. The lowest BCUT2D eigenvalue weighted by molar-refractivity contribution is -0.157. The molecule has 0 radical (unpaired) electrons. The lowest BCUT2D eigenvalue weighted by Crippen LogP contribution is -2.51. The Bertz CT molecular complexity index is 675. The standard InChI is InChI=1S/C20H26N2O5/c1-2-25-20(24)18-9-3-4-10-22(18)19(23)15-21(13-16-7-5-11-26-16)14-17-8-6-12-27-17/h5-8,11-12,18H,2-4,9-10,13-15H2,1H3. The van der Waals surface area contributed by atoms with Crippen molar-refractivity contribution in [3.05, 3.63) is 48.3 Å². The zero-order valence-electron chi connectivity index (χ0n) is 15.6. The zero-order chi connectivity index (χ0) is 19.1. The van der Waals surface area contributed by atoms with Gasteiger partial charge in [0.15, 0.2) is 0 Å². The Morgan fingerprint density at radius 2 is 1.81 bits per heavy atom. The molecule has 1 aliphatic rings. The van der Waals surface area contributed by atoms with E-state index in [-0.39, 0.29) is 18.4 Å². The molecule has 27 heavy (non-hydrogen) atoms. The highest BCUT2D eigenvalue weighted by molar-refractivity contribution is 5.85. The number of esters is 1. The van der Waals surface area contributed by atoms with Gasteiger partial charge in [0.1, 0.15) is 17.6 Å². The van der Waals surface area contributed by atoms with E-state index in [0.29, 0.717) is 32.7 Å². The summed E-state index contributed by atoms with van der Waals surface area (Å²) in [7, 11) is 0.